The van der Waals surface area contributed by atoms with E-state index in [1.165, 1.54) is 6.07 Å². The summed E-state index contributed by atoms with van der Waals surface area (Å²) >= 11 is 0. The number of amidine groups is 1. The van der Waals surface area contributed by atoms with Crippen LogP contribution < -0.4 is 10.6 Å². The second-order valence-corrected chi connectivity index (χ2v) is 6.71. The third kappa shape index (κ3) is 4.54. The Bertz CT molecular complexity index is 756. The molecule has 0 saturated carbocycles. The molecule has 0 spiro atoms. The Labute approximate surface area is 138 Å². The molecule has 0 aliphatic heterocycles. The van der Waals surface area contributed by atoms with Gasteiger partial charge in [-0.2, -0.15) is 18.3 Å². The van der Waals surface area contributed by atoms with E-state index in [0.717, 1.165) is 0 Å². The van der Waals surface area contributed by atoms with Crippen molar-refractivity contribution in [3.63, 3.8) is 0 Å². The van der Waals surface area contributed by atoms with Crippen LogP contribution in [0, 0.1) is 0 Å². The highest BCUT2D eigenvalue weighted by Crippen LogP contribution is 2.37. The van der Waals surface area contributed by atoms with E-state index in [-0.39, 0.29) is 23.9 Å². The summed E-state index contributed by atoms with van der Waals surface area (Å²) in [5.74, 6) is -0.132. The Morgan fingerprint density at radius 3 is 2.33 bits per heavy atom. The van der Waals surface area contributed by atoms with Crippen LogP contribution in [-0.2, 0) is 22.6 Å². The number of aryl methyl sites for hydroxylation is 1. The van der Waals surface area contributed by atoms with Crippen molar-refractivity contribution in [1.29, 1.82) is 0 Å². The first kappa shape index (κ1) is 20.1. The Balaban J connectivity index is 4.01. The van der Waals surface area contributed by atoms with E-state index in [0.29, 0.717) is 11.6 Å². The van der Waals surface area contributed by atoms with Crippen LogP contribution in [-0.4, -0.2) is 27.0 Å². The van der Waals surface area contributed by atoms with Gasteiger partial charge in [-0.3, -0.25) is 10.4 Å². The molecule has 3 N–H and O–H groups in total. The maximum absolute atomic E-state index is 13.3. The Morgan fingerprint density at radius 2 is 1.96 bits per heavy atom. The number of hydrogen-bond donors (Lipinski definition) is 2. The van der Waals surface area contributed by atoms with Crippen molar-refractivity contribution in [2.75, 3.05) is 0 Å². The molecule has 0 heterocycles. The molecule has 0 unspecified atom stereocenters. The SMILES string of the molecule is C=NNC(=NC(C)C)c1c(CC)ccc(C(F)(F)F)c1S(N)(=O)=O. The van der Waals surface area contributed by atoms with E-state index >= 15 is 0 Å². The number of alkyl halides is 3. The molecule has 6 nitrogen and oxygen atoms in total. The first-order chi connectivity index (χ1) is 10.9. The van der Waals surface area contributed by atoms with Crippen molar-refractivity contribution in [2.45, 2.75) is 44.3 Å². The summed E-state index contributed by atoms with van der Waals surface area (Å²) in [6.07, 6.45) is -4.63. The Hall–Kier alpha value is -1.94. The molecule has 0 aliphatic rings. The fraction of sp³-hybridized carbons (Fsp3) is 0.429. The maximum atomic E-state index is 13.3. The predicted molar refractivity (Wildman–Crippen MR) is 86.6 cm³/mol. The van der Waals surface area contributed by atoms with E-state index in [1.807, 2.05) is 0 Å². The van der Waals surface area contributed by atoms with Crippen molar-refractivity contribution >= 4 is 22.6 Å². The zero-order valence-corrected chi connectivity index (χ0v) is 14.3. The second kappa shape index (κ2) is 7.31. The Kier molecular flexibility index (Phi) is 6.12. The quantitative estimate of drug-likeness (QED) is 0.476. The van der Waals surface area contributed by atoms with Gasteiger partial charge >= 0.3 is 6.18 Å². The molecule has 0 bridgehead atoms. The van der Waals surface area contributed by atoms with E-state index in [9.17, 15) is 21.6 Å². The van der Waals surface area contributed by atoms with Crippen LogP contribution in [0.5, 0.6) is 0 Å². The molecule has 0 radical (unpaired) electrons. The smallest absolute Gasteiger partial charge is 0.264 e. The average Bonchev–Trinajstić information content (AvgIpc) is 2.42. The summed E-state index contributed by atoms with van der Waals surface area (Å²) in [5, 5.41) is 8.49. The number of hydrazone groups is 1. The van der Waals surface area contributed by atoms with Gasteiger partial charge in [-0.05, 0) is 31.9 Å². The topological polar surface area (TPSA) is 96.9 Å². The third-order valence-electron chi connectivity index (χ3n) is 3.02. The number of rotatable bonds is 5. The second-order valence-electron chi connectivity index (χ2n) is 5.21. The van der Waals surface area contributed by atoms with E-state index < -0.39 is 26.7 Å². The largest absolute Gasteiger partial charge is 0.417 e. The molecule has 0 aliphatic carbocycles. The standard InChI is InChI=1S/C14H19F3N4O2S/c1-5-9-6-7-10(14(15,16)17)12(24(18,22)23)11(9)13(21-19-4)20-8(2)3/h6-8H,4-5H2,1-3H3,(H,20,21)(H2,18,22,23). The van der Waals surface area contributed by atoms with Crippen LogP contribution in [0.3, 0.4) is 0 Å². The predicted octanol–water partition coefficient (Wildman–Crippen LogP) is 2.28. The van der Waals surface area contributed by atoms with Gasteiger partial charge < -0.3 is 0 Å². The maximum Gasteiger partial charge on any atom is 0.417 e. The molecule has 134 valence electrons. The Morgan fingerprint density at radius 1 is 1.38 bits per heavy atom. The molecule has 0 fully saturated rings. The van der Waals surface area contributed by atoms with Crippen molar-refractivity contribution < 1.29 is 21.6 Å². The van der Waals surface area contributed by atoms with Crippen LogP contribution in [0.2, 0.25) is 0 Å². The van der Waals surface area contributed by atoms with E-state index in [4.69, 9.17) is 5.14 Å². The molecular formula is C14H19F3N4O2S. The lowest BCUT2D eigenvalue weighted by Gasteiger charge is -2.20. The van der Waals surface area contributed by atoms with Gasteiger partial charge in [-0.15, -0.1) is 0 Å². The highest BCUT2D eigenvalue weighted by molar-refractivity contribution is 7.89. The molecule has 1 aromatic carbocycles. The van der Waals surface area contributed by atoms with Gasteiger partial charge in [0.2, 0.25) is 10.0 Å². The van der Waals surface area contributed by atoms with Gasteiger partial charge in [0.25, 0.3) is 0 Å². The normalized spacial score (nSPS) is 13.2. The van der Waals surface area contributed by atoms with E-state index in [2.05, 4.69) is 22.2 Å². The van der Waals surface area contributed by atoms with Crippen LogP contribution in [0.15, 0.2) is 27.1 Å². The van der Waals surface area contributed by atoms with Gasteiger partial charge in [-0.25, -0.2) is 13.6 Å². The highest BCUT2D eigenvalue weighted by atomic mass is 32.2. The summed E-state index contributed by atoms with van der Waals surface area (Å²) < 4.78 is 63.7. The van der Waals surface area contributed by atoms with Crippen LogP contribution in [0.1, 0.15) is 37.5 Å². The number of halogens is 3. The lowest BCUT2D eigenvalue weighted by atomic mass is 10.00. The summed E-state index contributed by atoms with van der Waals surface area (Å²) in [7, 11) is -4.68. The first-order valence-electron chi connectivity index (χ1n) is 6.99. The van der Waals surface area contributed by atoms with Gasteiger partial charge in [-0.1, -0.05) is 13.0 Å². The first-order valence-corrected chi connectivity index (χ1v) is 8.53. The molecule has 10 heteroatoms. The van der Waals surface area contributed by atoms with E-state index in [1.54, 1.807) is 20.8 Å². The lowest BCUT2D eigenvalue weighted by Crippen LogP contribution is -2.29. The lowest BCUT2D eigenvalue weighted by molar-refractivity contribution is -0.139. The molecule has 1 aromatic rings. The highest BCUT2D eigenvalue weighted by Gasteiger charge is 2.39. The summed E-state index contributed by atoms with van der Waals surface area (Å²) in [6.45, 7) is 8.24. The summed E-state index contributed by atoms with van der Waals surface area (Å²) in [6, 6.07) is 1.57. The van der Waals surface area contributed by atoms with Crippen molar-refractivity contribution in [3.8, 4) is 0 Å². The zero-order valence-electron chi connectivity index (χ0n) is 13.5. The minimum atomic E-state index is -4.90. The van der Waals surface area contributed by atoms with Crippen LogP contribution in [0.25, 0.3) is 0 Å². The van der Waals surface area contributed by atoms with Crippen molar-refractivity contribution in [1.82, 2.24) is 5.43 Å². The average molecular weight is 364 g/mol. The number of benzene rings is 1. The van der Waals surface area contributed by atoms with Gasteiger partial charge in [0.15, 0.2) is 5.84 Å². The summed E-state index contributed by atoms with van der Waals surface area (Å²) in [5.41, 5.74) is 1.12. The minimum Gasteiger partial charge on any atom is -0.264 e. The fourth-order valence-electron chi connectivity index (χ4n) is 2.18. The van der Waals surface area contributed by atoms with Gasteiger partial charge in [0.05, 0.1) is 5.56 Å². The van der Waals surface area contributed by atoms with Gasteiger partial charge in [0.1, 0.15) is 4.90 Å². The third-order valence-corrected chi connectivity index (χ3v) is 4.02. The number of sulfonamides is 1. The number of aliphatic imine (C=N–C) groups is 1. The number of hydrogen-bond acceptors (Lipinski definition) is 4. The molecule has 0 amide bonds. The monoisotopic (exact) mass is 364 g/mol. The summed E-state index contributed by atoms with van der Waals surface area (Å²) in [4.78, 5) is 3.10. The van der Waals surface area contributed by atoms with Crippen molar-refractivity contribution in [3.05, 3.63) is 28.8 Å². The number of nitrogens with one attached hydrogen (secondary N) is 1. The fourth-order valence-corrected chi connectivity index (χ4v) is 3.18. The molecule has 0 atom stereocenters. The molecule has 24 heavy (non-hydrogen) atoms. The van der Waals surface area contributed by atoms with Crippen molar-refractivity contribution in [2.24, 2.45) is 15.2 Å². The number of nitrogens with zero attached hydrogens (tertiary/aromatic N) is 2. The molecule has 1 rings (SSSR count). The molecule has 0 saturated heterocycles. The minimum absolute atomic E-state index is 0.132. The van der Waals surface area contributed by atoms with Crippen LogP contribution in [0.4, 0.5) is 13.2 Å². The molecule has 0 aromatic heterocycles. The molecular weight excluding hydrogens is 345 g/mol. The van der Waals surface area contributed by atoms with Crippen LogP contribution >= 0.6 is 0 Å². The van der Waals surface area contributed by atoms with Gasteiger partial charge in [0, 0.05) is 18.3 Å². The number of nitrogens with two attached hydrogens (primary N) is 1. The number of primary sulfonamides is 1. The zero-order chi connectivity index (χ0) is 18.7.